The van der Waals surface area contributed by atoms with Gasteiger partial charge in [0, 0.05) is 6.07 Å². The largest absolute Gasteiger partial charge is 0.491 e. The minimum atomic E-state index is -3.96. The number of ether oxygens (including phenoxy) is 1. The molecule has 1 N–H and O–H groups in total. The van der Waals surface area contributed by atoms with Crippen molar-refractivity contribution in [2.75, 3.05) is 23.7 Å². The monoisotopic (exact) mass is 412 g/mol. The van der Waals surface area contributed by atoms with Crippen LogP contribution in [0.1, 0.15) is 12.5 Å². The van der Waals surface area contributed by atoms with E-state index in [0.29, 0.717) is 16.1 Å². The number of carbonyl (C=O) groups is 1. The Kier molecular flexibility index (Phi) is 6.95. The van der Waals surface area contributed by atoms with Crippen LogP contribution in [0, 0.1) is 18.6 Å². The van der Waals surface area contributed by atoms with E-state index in [1.165, 1.54) is 0 Å². The molecular weight excluding hydrogens is 390 g/mol. The quantitative estimate of drug-likeness (QED) is 0.723. The van der Waals surface area contributed by atoms with Gasteiger partial charge in [-0.05, 0) is 38.1 Å². The van der Waals surface area contributed by atoms with Gasteiger partial charge in [0.15, 0.2) is 0 Å². The summed E-state index contributed by atoms with van der Waals surface area (Å²) in [5, 5.41) is 2.60. The molecular formula is C19H22F2N2O4S. The standard InChI is InChI=1S/C19H22F2N2O4S/c1-13-4-7-16(8-5-13)27-12-14(2)22-19(24)11-23(28(3,25)26)18-9-6-15(20)10-17(18)21/h4-10,14H,11-12H2,1-3H3,(H,22,24)/t14-/m0/s1. The second-order valence-electron chi connectivity index (χ2n) is 6.46. The maximum atomic E-state index is 14.0. The number of nitrogens with zero attached hydrogens (tertiary/aromatic N) is 1. The van der Waals surface area contributed by atoms with Crippen LogP contribution < -0.4 is 14.4 Å². The van der Waals surface area contributed by atoms with E-state index in [0.717, 1.165) is 24.0 Å². The number of aryl methyl sites for hydroxylation is 1. The van der Waals surface area contributed by atoms with Gasteiger partial charge in [-0.25, -0.2) is 17.2 Å². The average Bonchev–Trinajstić information content (AvgIpc) is 2.59. The number of carbonyl (C=O) groups excluding carboxylic acids is 1. The van der Waals surface area contributed by atoms with E-state index in [-0.39, 0.29) is 6.61 Å². The molecule has 2 aromatic rings. The highest BCUT2D eigenvalue weighted by Gasteiger charge is 2.24. The molecule has 0 spiro atoms. The number of amides is 1. The first-order valence-corrected chi connectivity index (χ1v) is 10.3. The van der Waals surface area contributed by atoms with Gasteiger partial charge in [-0.2, -0.15) is 0 Å². The van der Waals surface area contributed by atoms with Gasteiger partial charge in [0.25, 0.3) is 0 Å². The van der Waals surface area contributed by atoms with Crippen molar-refractivity contribution in [3.05, 3.63) is 59.7 Å². The van der Waals surface area contributed by atoms with Gasteiger partial charge in [0.1, 0.15) is 30.5 Å². The van der Waals surface area contributed by atoms with Gasteiger partial charge in [-0.3, -0.25) is 9.10 Å². The van der Waals surface area contributed by atoms with Crippen LogP contribution in [0.4, 0.5) is 14.5 Å². The van der Waals surface area contributed by atoms with Crippen molar-refractivity contribution in [2.24, 2.45) is 0 Å². The van der Waals surface area contributed by atoms with Crippen LogP contribution in [0.5, 0.6) is 5.75 Å². The molecule has 0 aliphatic rings. The lowest BCUT2D eigenvalue weighted by atomic mass is 10.2. The normalized spacial score (nSPS) is 12.3. The maximum Gasteiger partial charge on any atom is 0.241 e. The third-order valence-electron chi connectivity index (χ3n) is 3.79. The van der Waals surface area contributed by atoms with Gasteiger partial charge in [0.2, 0.25) is 15.9 Å². The highest BCUT2D eigenvalue weighted by molar-refractivity contribution is 7.92. The number of hydrogen-bond donors (Lipinski definition) is 1. The second-order valence-corrected chi connectivity index (χ2v) is 8.36. The molecule has 0 bridgehead atoms. The Morgan fingerprint density at radius 1 is 1.18 bits per heavy atom. The summed E-state index contributed by atoms with van der Waals surface area (Å²) < 4.78 is 57.2. The first kappa shape index (κ1) is 21.6. The second kappa shape index (κ2) is 9.01. The molecule has 28 heavy (non-hydrogen) atoms. The highest BCUT2D eigenvalue weighted by Crippen LogP contribution is 2.22. The van der Waals surface area contributed by atoms with E-state index >= 15 is 0 Å². The molecule has 0 radical (unpaired) electrons. The Bertz CT molecular complexity index is 933. The Hall–Kier alpha value is -2.68. The molecule has 1 atom stereocenters. The number of rotatable bonds is 8. The molecule has 0 unspecified atom stereocenters. The summed E-state index contributed by atoms with van der Waals surface area (Å²) in [7, 11) is -3.96. The summed E-state index contributed by atoms with van der Waals surface area (Å²) in [5.74, 6) is -1.93. The Morgan fingerprint density at radius 3 is 2.39 bits per heavy atom. The average molecular weight is 412 g/mol. The zero-order chi connectivity index (χ0) is 20.9. The highest BCUT2D eigenvalue weighted by atomic mass is 32.2. The smallest absolute Gasteiger partial charge is 0.241 e. The summed E-state index contributed by atoms with van der Waals surface area (Å²) in [6.45, 7) is 3.16. The number of sulfonamides is 1. The Labute approximate surface area is 163 Å². The topological polar surface area (TPSA) is 75.7 Å². The van der Waals surface area contributed by atoms with E-state index in [9.17, 15) is 22.0 Å². The van der Waals surface area contributed by atoms with E-state index in [1.807, 2.05) is 19.1 Å². The summed E-state index contributed by atoms with van der Waals surface area (Å²) in [5.41, 5.74) is 0.685. The third-order valence-corrected chi connectivity index (χ3v) is 4.92. The van der Waals surface area contributed by atoms with Gasteiger partial charge in [-0.15, -0.1) is 0 Å². The van der Waals surface area contributed by atoms with Crippen LogP contribution in [0.15, 0.2) is 42.5 Å². The third kappa shape index (κ3) is 6.19. The van der Waals surface area contributed by atoms with Crippen LogP contribution >= 0.6 is 0 Å². The van der Waals surface area contributed by atoms with Crippen LogP contribution in [0.25, 0.3) is 0 Å². The predicted molar refractivity (Wildman–Crippen MR) is 103 cm³/mol. The van der Waals surface area contributed by atoms with Gasteiger partial charge in [0.05, 0.1) is 18.0 Å². The maximum absolute atomic E-state index is 14.0. The number of hydrogen-bond acceptors (Lipinski definition) is 4. The van der Waals surface area contributed by atoms with Crippen molar-refractivity contribution < 1.29 is 26.7 Å². The summed E-state index contributed by atoms with van der Waals surface area (Å²) >= 11 is 0. The molecule has 0 aromatic heterocycles. The SMILES string of the molecule is Cc1ccc(OC[C@H](C)NC(=O)CN(c2ccc(F)cc2F)S(C)(=O)=O)cc1. The van der Waals surface area contributed by atoms with Crippen molar-refractivity contribution in [3.63, 3.8) is 0 Å². The molecule has 1 amide bonds. The van der Waals surface area contributed by atoms with Crippen LogP contribution in [0.3, 0.4) is 0 Å². The number of anilines is 1. The Morgan fingerprint density at radius 2 is 1.82 bits per heavy atom. The minimum absolute atomic E-state index is 0.165. The molecule has 0 aliphatic carbocycles. The molecule has 0 fully saturated rings. The minimum Gasteiger partial charge on any atom is -0.491 e. The summed E-state index contributed by atoms with van der Waals surface area (Å²) in [6.07, 6.45) is 0.840. The van der Waals surface area contributed by atoms with Gasteiger partial charge in [-0.1, -0.05) is 17.7 Å². The summed E-state index contributed by atoms with van der Waals surface area (Å²) in [6, 6.07) is 9.41. The van der Waals surface area contributed by atoms with Gasteiger partial charge < -0.3 is 10.1 Å². The van der Waals surface area contributed by atoms with Crippen molar-refractivity contribution >= 4 is 21.6 Å². The molecule has 0 heterocycles. The van der Waals surface area contributed by atoms with Crippen molar-refractivity contribution in [2.45, 2.75) is 19.9 Å². The lowest BCUT2D eigenvalue weighted by molar-refractivity contribution is -0.120. The zero-order valence-corrected chi connectivity index (χ0v) is 16.6. The van der Waals surface area contributed by atoms with E-state index in [4.69, 9.17) is 4.74 Å². The van der Waals surface area contributed by atoms with Crippen molar-refractivity contribution in [1.82, 2.24) is 5.32 Å². The molecule has 9 heteroatoms. The molecule has 0 aliphatic heterocycles. The Balaban J connectivity index is 2.00. The van der Waals surface area contributed by atoms with Crippen LogP contribution in [-0.4, -0.2) is 39.8 Å². The van der Waals surface area contributed by atoms with Crippen LogP contribution in [0.2, 0.25) is 0 Å². The fourth-order valence-electron chi connectivity index (χ4n) is 2.41. The lowest BCUT2D eigenvalue weighted by Gasteiger charge is -2.23. The fourth-order valence-corrected chi connectivity index (χ4v) is 3.27. The molecule has 2 rings (SSSR count). The number of halogens is 2. The number of nitrogens with one attached hydrogen (secondary N) is 1. The fraction of sp³-hybridized carbons (Fsp3) is 0.316. The first-order chi connectivity index (χ1) is 13.1. The molecule has 0 saturated carbocycles. The molecule has 0 saturated heterocycles. The predicted octanol–water partition coefficient (Wildman–Crippen LogP) is 2.62. The van der Waals surface area contributed by atoms with Crippen molar-refractivity contribution in [1.29, 1.82) is 0 Å². The van der Waals surface area contributed by atoms with E-state index < -0.39 is 45.8 Å². The lowest BCUT2D eigenvalue weighted by Crippen LogP contribution is -2.45. The first-order valence-electron chi connectivity index (χ1n) is 8.48. The van der Waals surface area contributed by atoms with E-state index in [1.54, 1.807) is 19.1 Å². The van der Waals surface area contributed by atoms with Gasteiger partial charge >= 0.3 is 0 Å². The van der Waals surface area contributed by atoms with Crippen molar-refractivity contribution in [3.8, 4) is 5.75 Å². The number of benzene rings is 2. The molecule has 152 valence electrons. The van der Waals surface area contributed by atoms with Crippen LogP contribution in [-0.2, 0) is 14.8 Å². The molecule has 2 aromatic carbocycles. The molecule has 6 nitrogen and oxygen atoms in total. The summed E-state index contributed by atoms with van der Waals surface area (Å²) in [4.78, 5) is 12.2. The zero-order valence-electron chi connectivity index (χ0n) is 15.8. The van der Waals surface area contributed by atoms with E-state index in [2.05, 4.69) is 5.32 Å².